The number of fused-ring (bicyclic) bond motifs is 3. The summed E-state index contributed by atoms with van der Waals surface area (Å²) in [6.07, 6.45) is 12.8. The fourth-order valence-electron chi connectivity index (χ4n) is 3.48. The van der Waals surface area contributed by atoms with E-state index in [2.05, 4.69) is 6.92 Å². The molecule has 0 atom stereocenters. The lowest BCUT2D eigenvalue weighted by molar-refractivity contribution is -0.118. The van der Waals surface area contributed by atoms with Gasteiger partial charge in [0.25, 0.3) is 0 Å². The Morgan fingerprint density at radius 3 is 2.54 bits per heavy atom. The lowest BCUT2D eigenvalue weighted by Gasteiger charge is -2.12. The van der Waals surface area contributed by atoms with Crippen LogP contribution < -0.4 is 4.74 Å². The Bertz CT molecular complexity index is 809. The first-order valence-corrected chi connectivity index (χ1v) is 9.58. The fourth-order valence-corrected chi connectivity index (χ4v) is 3.48. The van der Waals surface area contributed by atoms with E-state index in [-0.39, 0.29) is 17.1 Å². The second-order valence-electron chi connectivity index (χ2n) is 6.97. The average molecular weight is 350 g/mol. The molecule has 0 saturated carbocycles. The third-order valence-electron chi connectivity index (χ3n) is 4.96. The van der Waals surface area contributed by atoms with Gasteiger partial charge in [0.2, 0.25) is 0 Å². The number of ether oxygens (including phenoxy) is 1. The van der Waals surface area contributed by atoms with Gasteiger partial charge >= 0.3 is 0 Å². The van der Waals surface area contributed by atoms with Crippen molar-refractivity contribution in [2.75, 3.05) is 6.61 Å². The van der Waals surface area contributed by atoms with Crippen LogP contribution in [0.15, 0.2) is 41.5 Å². The van der Waals surface area contributed by atoms with Gasteiger partial charge in [0.1, 0.15) is 5.75 Å². The summed E-state index contributed by atoms with van der Waals surface area (Å²) in [4.78, 5) is 24.1. The van der Waals surface area contributed by atoms with E-state index in [0.29, 0.717) is 5.57 Å². The van der Waals surface area contributed by atoms with Crippen molar-refractivity contribution in [1.29, 1.82) is 0 Å². The van der Waals surface area contributed by atoms with Crippen molar-refractivity contribution < 1.29 is 14.3 Å². The number of Topliss-reactive ketones (excluding diaryl/α,β-unsaturated/α-hetero) is 2. The molecule has 0 spiro atoms. The van der Waals surface area contributed by atoms with Gasteiger partial charge < -0.3 is 4.74 Å². The molecule has 0 radical (unpaired) electrons. The van der Waals surface area contributed by atoms with Crippen molar-refractivity contribution in [3.05, 3.63) is 52.6 Å². The van der Waals surface area contributed by atoms with Gasteiger partial charge in [-0.25, -0.2) is 0 Å². The van der Waals surface area contributed by atoms with Crippen LogP contribution in [0.4, 0.5) is 0 Å². The van der Waals surface area contributed by atoms with Crippen LogP contribution >= 0.6 is 0 Å². The standard InChI is InChI=1S/C23H26O3/c1-3-4-5-6-7-8-13-26-18-9-10-20-17(14-18)15-22-21(20)12-11-19(16(2)24)23(22)25/h9-12,14-15H,3-8,13H2,1-2H3. The molecule has 0 bridgehead atoms. The maximum atomic E-state index is 12.5. The third-order valence-corrected chi connectivity index (χ3v) is 4.96. The number of unbranched alkanes of at least 4 members (excludes halogenated alkanes) is 5. The summed E-state index contributed by atoms with van der Waals surface area (Å²) >= 11 is 0. The van der Waals surface area contributed by atoms with Crippen molar-refractivity contribution >= 4 is 23.2 Å². The Morgan fingerprint density at radius 2 is 1.77 bits per heavy atom. The highest BCUT2D eigenvalue weighted by atomic mass is 16.5. The van der Waals surface area contributed by atoms with Gasteiger partial charge in [-0.3, -0.25) is 9.59 Å². The molecule has 3 heteroatoms. The second-order valence-corrected chi connectivity index (χ2v) is 6.97. The monoisotopic (exact) mass is 350 g/mol. The molecule has 0 aromatic heterocycles. The molecule has 0 unspecified atom stereocenters. The quantitative estimate of drug-likeness (QED) is 0.448. The number of ketones is 2. The van der Waals surface area contributed by atoms with E-state index < -0.39 is 0 Å². The van der Waals surface area contributed by atoms with E-state index in [1.807, 2.05) is 30.4 Å². The van der Waals surface area contributed by atoms with Crippen molar-refractivity contribution in [2.24, 2.45) is 0 Å². The summed E-state index contributed by atoms with van der Waals surface area (Å²) in [6.45, 7) is 4.38. The molecule has 1 aromatic carbocycles. The zero-order chi connectivity index (χ0) is 18.5. The van der Waals surface area contributed by atoms with E-state index in [0.717, 1.165) is 35.5 Å². The van der Waals surface area contributed by atoms with Crippen molar-refractivity contribution in [3.8, 4) is 5.75 Å². The number of allylic oxidation sites excluding steroid dienone is 5. The molecule has 0 amide bonds. The molecule has 136 valence electrons. The highest BCUT2D eigenvalue weighted by Gasteiger charge is 2.30. The minimum absolute atomic E-state index is 0.180. The molecule has 2 aliphatic carbocycles. The number of hydrogen-bond acceptors (Lipinski definition) is 3. The Balaban J connectivity index is 1.62. The van der Waals surface area contributed by atoms with Gasteiger partial charge in [-0.05, 0) is 54.3 Å². The summed E-state index contributed by atoms with van der Waals surface area (Å²) in [5.74, 6) is 0.464. The topological polar surface area (TPSA) is 43.4 Å². The summed E-state index contributed by atoms with van der Waals surface area (Å²) in [6, 6.07) is 5.95. The molecule has 0 N–H and O–H groups in total. The number of rotatable bonds is 9. The largest absolute Gasteiger partial charge is 0.494 e. The summed E-state index contributed by atoms with van der Waals surface area (Å²) in [5, 5.41) is 0. The van der Waals surface area contributed by atoms with E-state index in [1.54, 1.807) is 6.08 Å². The SMILES string of the molecule is CCCCCCCCOc1ccc2c(c1)C=C1C(=O)C(C(C)=O)=CC=C12. The molecular weight excluding hydrogens is 324 g/mol. The van der Waals surface area contributed by atoms with Crippen molar-refractivity contribution in [2.45, 2.75) is 52.4 Å². The van der Waals surface area contributed by atoms with Crippen LogP contribution in [0.2, 0.25) is 0 Å². The predicted octanol–water partition coefficient (Wildman–Crippen LogP) is 5.30. The van der Waals surface area contributed by atoms with Crippen LogP contribution in [0.3, 0.4) is 0 Å². The number of carbonyl (C=O) groups excluding carboxylic acids is 2. The minimum atomic E-state index is -0.190. The number of hydrogen-bond donors (Lipinski definition) is 0. The maximum Gasteiger partial charge on any atom is 0.197 e. The number of carbonyl (C=O) groups is 2. The number of benzene rings is 1. The Kier molecular flexibility index (Phi) is 5.87. The highest BCUT2D eigenvalue weighted by molar-refractivity contribution is 6.34. The van der Waals surface area contributed by atoms with Gasteiger partial charge in [0, 0.05) is 5.57 Å². The van der Waals surface area contributed by atoms with Crippen molar-refractivity contribution in [3.63, 3.8) is 0 Å². The van der Waals surface area contributed by atoms with Crippen LogP contribution in [0.5, 0.6) is 5.75 Å². The molecule has 3 nitrogen and oxygen atoms in total. The molecule has 0 saturated heterocycles. The first-order valence-electron chi connectivity index (χ1n) is 9.58. The molecule has 0 fully saturated rings. The first-order chi connectivity index (χ1) is 12.6. The van der Waals surface area contributed by atoms with Crippen LogP contribution in [0.25, 0.3) is 11.6 Å². The molecule has 3 rings (SSSR count). The molecule has 0 aliphatic heterocycles. The van der Waals surface area contributed by atoms with Gasteiger partial charge in [-0.2, -0.15) is 0 Å². The predicted molar refractivity (Wildman–Crippen MR) is 105 cm³/mol. The van der Waals surface area contributed by atoms with Crippen LogP contribution in [0.1, 0.15) is 63.5 Å². The van der Waals surface area contributed by atoms with Gasteiger partial charge in [-0.15, -0.1) is 0 Å². The van der Waals surface area contributed by atoms with E-state index in [9.17, 15) is 9.59 Å². The smallest absolute Gasteiger partial charge is 0.197 e. The highest BCUT2D eigenvalue weighted by Crippen LogP contribution is 2.40. The van der Waals surface area contributed by atoms with Crippen molar-refractivity contribution in [1.82, 2.24) is 0 Å². The summed E-state index contributed by atoms with van der Waals surface area (Å²) in [5.41, 5.74) is 3.78. The lowest BCUT2D eigenvalue weighted by atomic mass is 9.90. The van der Waals surface area contributed by atoms with Crippen LogP contribution in [-0.2, 0) is 9.59 Å². The Morgan fingerprint density at radius 1 is 1.00 bits per heavy atom. The summed E-state index contributed by atoms with van der Waals surface area (Å²) < 4.78 is 5.88. The normalized spacial score (nSPS) is 15.0. The summed E-state index contributed by atoms with van der Waals surface area (Å²) in [7, 11) is 0. The van der Waals surface area contributed by atoms with Crippen LogP contribution in [0, 0.1) is 0 Å². The van der Waals surface area contributed by atoms with Gasteiger partial charge in [0.15, 0.2) is 11.6 Å². The zero-order valence-electron chi connectivity index (χ0n) is 15.6. The van der Waals surface area contributed by atoms with E-state index in [1.165, 1.54) is 39.0 Å². The molecule has 2 aliphatic rings. The molecule has 26 heavy (non-hydrogen) atoms. The molecule has 0 heterocycles. The zero-order valence-corrected chi connectivity index (χ0v) is 15.6. The second kappa shape index (κ2) is 8.31. The van der Waals surface area contributed by atoms with E-state index in [4.69, 9.17) is 4.74 Å². The lowest BCUT2D eigenvalue weighted by Crippen LogP contribution is -2.14. The molecule has 1 aromatic rings. The van der Waals surface area contributed by atoms with Gasteiger partial charge in [0.05, 0.1) is 12.2 Å². The first kappa shape index (κ1) is 18.4. The average Bonchev–Trinajstić information content (AvgIpc) is 3.00. The minimum Gasteiger partial charge on any atom is -0.494 e. The Labute approximate surface area is 155 Å². The molecular formula is C23H26O3. The Hall–Kier alpha value is -2.42. The fraction of sp³-hybridized carbons (Fsp3) is 0.391. The third kappa shape index (κ3) is 3.87. The maximum absolute atomic E-state index is 12.5. The van der Waals surface area contributed by atoms with Crippen LogP contribution in [-0.4, -0.2) is 18.2 Å². The van der Waals surface area contributed by atoms with E-state index >= 15 is 0 Å². The van der Waals surface area contributed by atoms with Gasteiger partial charge in [-0.1, -0.05) is 51.2 Å².